The summed E-state index contributed by atoms with van der Waals surface area (Å²) in [5.41, 5.74) is 1.22. The highest BCUT2D eigenvalue weighted by molar-refractivity contribution is 9.10. The van der Waals surface area contributed by atoms with E-state index in [4.69, 9.17) is 0 Å². The summed E-state index contributed by atoms with van der Waals surface area (Å²) in [5.74, 6) is 0. The fraction of sp³-hybridized carbons (Fsp3) is 0.333. The summed E-state index contributed by atoms with van der Waals surface area (Å²) in [6, 6.07) is 8.64. The molecule has 0 spiro atoms. The van der Waals surface area contributed by atoms with Gasteiger partial charge in [-0.25, -0.2) is 0 Å². The summed E-state index contributed by atoms with van der Waals surface area (Å²) in [7, 11) is 0. The number of hydrogen-bond donors (Lipinski definition) is 1. The summed E-state index contributed by atoms with van der Waals surface area (Å²) >= 11 is 3.51. The van der Waals surface area contributed by atoms with Crippen molar-refractivity contribution in [2.24, 2.45) is 0 Å². The largest absolute Gasteiger partial charge is 0.311 e. The third-order valence-electron chi connectivity index (χ3n) is 2.00. The predicted octanol–water partition coefficient (Wildman–Crippen LogP) is 3.46. The highest BCUT2D eigenvalue weighted by Gasteiger charge is 1.95. The summed E-state index contributed by atoms with van der Waals surface area (Å²) in [5, 5.41) is 3.33. The predicted molar refractivity (Wildman–Crippen MR) is 66.3 cm³/mol. The van der Waals surface area contributed by atoms with Crippen LogP contribution in [0.2, 0.25) is 0 Å². The second-order valence-corrected chi connectivity index (χ2v) is 4.08. The molecule has 1 rings (SSSR count). The number of nitrogens with one attached hydrogen (secondary N) is 1. The molecule has 0 aliphatic heterocycles. The quantitative estimate of drug-likeness (QED) is 0.867. The lowest BCUT2D eigenvalue weighted by molar-refractivity contribution is 0.663. The van der Waals surface area contributed by atoms with Crippen molar-refractivity contribution < 1.29 is 0 Å². The number of rotatable bonds is 4. The molecular weight excluding hydrogens is 238 g/mol. The Labute approximate surface area is 94.3 Å². The van der Waals surface area contributed by atoms with Gasteiger partial charge < -0.3 is 5.32 Å². The Balaban J connectivity index is 2.64. The standard InChI is InChI=1S/C12H16BrN/c1-3-14-10(2)8-9-11-6-4-5-7-12(11)13/h4-10,14H,3H2,1-2H3/b9-8+. The Morgan fingerprint density at radius 1 is 1.43 bits per heavy atom. The van der Waals surface area contributed by atoms with E-state index >= 15 is 0 Å². The minimum absolute atomic E-state index is 0.423. The lowest BCUT2D eigenvalue weighted by Crippen LogP contribution is -2.22. The van der Waals surface area contributed by atoms with Gasteiger partial charge in [0.25, 0.3) is 0 Å². The van der Waals surface area contributed by atoms with Gasteiger partial charge in [-0.05, 0) is 25.1 Å². The molecule has 1 aromatic rings. The van der Waals surface area contributed by atoms with Gasteiger partial charge in [0, 0.05) is 10.5 Å². The second-order valence-electron chi connectivity index (χ2n) is 3.23. The molecule has 1 nitrogen and oxygen atoms in total. The van der Waals surface area contributed by atoms with Crippen LogP contribution in [0.5, 0.6) is 0 Å². The molecule has 0 amide bonds. The molecule has 0 aliphatic rings. The van der Waals surface area contributed by atoms with Gasteiger partial charge in [0.05, 0.1) is 0 Å². The van der Waals surface area contributed by atoms with E-state index in [1.807, 2.05) is 12.1 Å². The first-order valence-corrected chi connectivity index (χ1v) is 5.69. The van der Waals surface area contributed by atoms with Crippen LogP contribution in [0.25, 0.3) is 6.08 Å². The van der Waals surface area contributed by atoms with Gasteiger partial charge in [-0.1, -0.05) is 53.2 Å². The normalized spacial score (nSPS) is 13.4. The summed E-state index contributed by atoms with van der Waals surface area (Å²) in [6.45, 7) is 5.26. The summed E-state index contributed by atoms with van der Waals surface area (Å²) in [6.07, 6.45) is 4.31. The molecule has 14 heavy (non-hydrogen) atoms. The van der Waals surface area contributed by atoms with Gasteiger partial charge in [-0.2, -0.15) is 0 Å². The monoisotopic (exact) mass is 253 g/mol. The van der Waals surface area contributed by atoms with Gasteiger partial charge in [0.2, 0.25) is 0 Å². The third kappa shape index (κ3) is 3.64. The fourth-order valence-electron chi connectivity index (χ4n) is 1.25. The SMILES string of the molecule is CCNC(C)/C=C/c1ccccc1Br. The van der Waals surface area contributed by atoms with Crippen LogP contribution in [0.3, 0.4) is 0 Å². The first-order valence-electron chi connectivity index (χ1n) is 4.90. The average molecular weight is 254 g/mol. The maximum atomic E-state index is 3.51. The number of benzene rings is 1. The smallest absolute Gasteiger partial charge is 0.0247 e. The molecule has 1 N–H and O–H groups in total. The molecule has 1 aromatic carbocycles. The molecule has 1 atom stereocenters. The van der Waals surface area contributed by atoms with E-state index in [0.717, 1.165) is 11.0 Å². The van der Waals surface area contributed by atoms with Crippen LogP contribution in [0.15, 0.2) is 34.8 Å². The fourth-order valence-corrected chi connectivity index (χ4v) is 1.67. The van der Waals surface area contributed by atoms with E-state index < -0.39 is 0 Å². The number of halogens is 1. The molecule has 1 unspecified atom stereocenters. The Morgan fingerprint density at radius 3 is 2.79 bits per heavy atom. The van der Waals surface area contributed by atoms with Crippen LogP contribution in [0.1, 0.15) is 19.4 Å². The lowest BCUT2D eigenvalue weighted by atomic mass is 10.2. The molecule has 0 radical (unpaired) electrons. The maximum Gasteiger partial charge on any atom is 0.0247 e. The minimum atomic E-state index is 0.423. The van der Waals surface area contributed by atoms with E-state index in [1.165, 1.54) is 5.56 Å². The van der Waals surface area contributed by atoms with Gasteiger partial charge in [0.15, 0.2) is 0 Å². The summed E-state index contributed by atoms with van der Waals surface area (Å²) < 4.78 is 1.14. The van der Waals surface area contributed by atoms with Crippen LogP contribution in [0, 0.1) is 0 Å². The van der Waals surface area contributed by atoms with Crippen LogP contribution in [0.4, 0.5) is 0 Å². The number of hydrogen-bond acceptors (Lipinski definition) is 1. The zero-order chi connectivity index (χ0) is 10.4. The van der Waals surface area contributed by atoms with E-state index in [-0.39, 0.29) is 0 Å². The van der Waals surface area contributed by atoms with Crippen molar-refractivity contribution >= 4 is 22.0 Å². The van der Waals surface area contributed by atoms with Crippen molar-refractivity contribution in [1.82, 2.24) is 5.32 Å². The molecule has 0 heterocycles. The van der Waals surface area contributed by atoms with Gasteiger partial charge >= 0.3 is 0 Å². The Bertz CT molecular complexity index is 307. The van der Waals surface area contributed by atoms with E-state index in [1.54, 1.807) is 0 Å². The lowest BCUT2D eigenvalue weighted by Gasteiger charge is -2.06. The van der Waals surface area contributed by atoms with Crippen molar-refractivity contribution in [2.75, 3.05) is 6.54 Å². The Hall–Kier alpha value is -0.600. The van der Waals surface area contributed by atoms with Crippen LogP contribution in [-0.4, -0.2) is 12.6 Å². The van der Waals surface area contributed by atoms with Gasteiger partial charge in [-0.15, -0.1) is 0 Å². The van der Waals surface area contributed by atoms with Crippen LogP contribution in [-0.2, 0) is 0 Å². The third-order valence-corrected chi connectivity index (χ3v) is 2.72. The first kappa shape index (κ1) is 11.5. The molecule has 0 fully saturated rings. The average Bonchev–Trinajstić information content (AvgIpc) is 2.17. The van der Waals surface area contributed by atoms with Crippen LogP contribution >= 0.6 is 15.9 Å². The summed E-state index contributed by atoms with van der Waals surface area (Å²) in [4.78, 5) is 0. The van der Waals surface area contributed by atoms with Gasteiger partial charge in [0.1, 0.15) is 0 Å². The second kappa shape index (κ2) is 5.99. The van der Waals surface area contributed by atoms with E-state index in [0.29, 0.717) is 6.04 Å². The molecular formula is C12H16BrN. The minimum Gasteiger partial charge on any atom is -0.311 e. The molecule has 0 aromatic heterocycles. The van der Waals surface area contributed by atoms with Crippen molar-refractivity contribution in [1.29, 1.82) is 0 Å². The van der Waals surface area contributed by atoms with Crippen molar-refractivity contribution in [3.8, 4) is 0 Å². The zero-order valence-corrected chi connectivity index (χ0v) is 10.2. The molecule has 0 bridgehead atoms. The molecule has 76 valence electrons. The van der Waals surface area contributed by atoms with E-state index in [2.05, 4.69) is 59.4 Å². The molecule has 0 saturated carbocycles. The van der Waals surface area contributed by atoms with Crippen LogP contribution < -0.4 is 5.32 Å². The van der Waals surface area contributed by atoms with Crippen molar-refractivity contribution in [3.63, 3.8) is 0 Å². The molecule has 0 aliphatic carbocycles. The highest BCUT2D eigenvalue weighted by atomic mass is 79.9. The highest BCUT2D eigenvalue weighted by Crippen LogP contribution is 2.17. The maximum absolute atomic E-state index is 3.51. The van der Waals surface area contributed by atoms with E-state index in [9.17, 15) is 0 Å². The Kier molecular flexibility index (Phi) is 4.91. The topological polar surface area (TPSA) is 12.0 Å². The molecule has 2 heteroatoms. The van der Waals surface area contributed by atoms with Gasteiger partial charge in [-0.3, -0.25) is 0 Å². The van der Waals surface area contributed by atoms with Crippen molar-refractivity contribution in [3.05, 3.63) is 40.4 Å². The first-order chi connectivity index (χ1) is 6.74. The number of likely N-dealkylation sites (N-methyl/N-ethyl adjacent to an activating group) is 1. The van der Waals surface area contributed by atoms with Crippen molar-refractivity contribution in [2.45, 2.75) is 19.9 Å². The Morgan fingerprint density at radius 2 is 2.14 bits per heavy atom. The zero-order valence-electron chi connectivity index (χ0n) is 8.63. The molecule has 0 saturated heterocycles.